The number of hydrogen-bond donors (Lipinski definition) is 1. The topological polar surface area (TPSA) is 38.3 Å². The predicted molar refractivity (Wildman–Crippen MR) is 65.6 cm³/mol. The minimum absolute atomic E-state index is 0.00805. The molecule has 0 aliphatic heterocycles. The Balaban J connectivity index is 2.15. The highest BCUT2D eigenvalue weighted by molar-refractivity contribution is 6.20. The van der Waals surface area contributed by atoms with Crippen molar-refractivity contribution < 1.29 is 9.53 Å². The molecular weight excluding hydrogens is 226 g/mol. The number of carbonyl (C=O) groups is 1. The van der Waals surface area contributed by atoms with Gasteiger partial charge < -0.3 is 10.1 Å². The van der Waals surface area contributed by atoms with Crippen LogP contribution in [0.2, 0.25) is 0 Å². The van der Waals surface area contributed by atoms with Crippen LogP contribution in [0.4, 0.5) is 0 Å². The average molecular weight is 248 g/mol. The maximum Gasteiger partial charge on any atom is 0.223 e. The molecule has 94 valence electrons. The second-order valence-electron chi connectivity index (χ2n) is 4.65. The molecule has 3 atom stereocenters. The number of carbonyl (C=O) groups excluding carboxylic acids is 1. The Kier molecular flexibility index (Phi) is 6.14. The molecule has 1 aliphatic carbocycles. The minimum atomic E-state index is -0.00805. The maximum atomic E-state index is 11.8. The number of nitrogens with one attached hydrogen (secondary N) is 1. The van der Waals surface area contributed by atoms with Crippen molar-refractivity contribution in [2.45, 2.75) is 38.0 Å². The zero-order chi connectivity index (χ0) is 12.0. The van der Waals surface area contributed by atoms with Gasteiger partial charge in [0, 0.05) is 19.6 Å². The summed E-state index contributed by atoms with van der Waals surface area (Å²) in [6.45, 7) is 3.35. The van der Waals surface area contributed by atoms with Gasteiger partial charge in [0.05, 0.1) is 12.0 Å². The Morgan fingerprint density at radius 1 is 1.56 bits per heavy atom. The van der Waals surface area contributed by atoms with Gasteiger partial charge in [-0.05, 0) is 25.2 Å². The van der Waals surface area contributed by atoms with E-state index in [2.05, 4.69) is 12.2 Å². The standard InChI is InChI=1S/C12H22ClNO2/c1-9-4-3-5-11(9)12(15)14-7-6-10(13)8-16-2/h9-11H,3-8H2,1-2H3,(H,14,15). The predicted octanol–water partition coefficient (Wildman–Crippen LogP) is 2.18. The molecule has 4 heteroatoms. The van der Waals surface area contributed by atoms with Crippen molar-refractivity contribution in [1.29, 1.82) is 0 Å². The number of rotatable bonds is 6. The van der Waals surface area contributed by atoms with Crippen LogP contribution in [0.5, 0.6) is 0 Å². The lowest BCUT2D eigenvalue weighted by molar-refractivity contribution is -0.125. The lowest BCUT2D eigenvalue weighted by Gasteiger charge is -2.15. The molecule has 0 bridgehead atoms. The van der Waals surface area contributed by atoms with Gasteiger partial charge in [-0.3, -0.25) is 4.79 Å². The summed E-state index contributed by atoms with van der Waals surface area (Å²) in [4.78, 5) is 11.8. The molecule has 1 amide bonds. The maximum absolute atomic E-state index is 11.8. The monoisotopic (exact) mass is 247 g/mol. The molecule has 1 saturated carbocycles. The Labute approximate surface area is 103 Å². The van der Waals surface area contributed by atoms with E-state index in [0.29, 0.717) is 19.1 Å². The summed E-state index contributed by atoms with van der Waals surface area (Å²) in [7, 11) is 1.63. The number of alkyl halides is 1. The average Bonchev–Trinajstić information content (AvgIpc) is 2.64. The normalized spacial score (nSPS) is 26.7. The quantitative estimate of drug-likeness (QED) is 0.731. The van der Waals surface area contributed by atoms with Crippen molar-refractivity contribution >= 4 is 17.5 Å². The summed E-state index contributed by atoms with van der Waals surface area (Å²) in [6, 6.07) is 0. The molecule has 1 fully saturated rings. The molecule has 0 aromatic carbocycles. The van der Waals surface area contributed by atoms with Gasteiger partial charge in [-0.2, -0.15) is 0 Å². The zero-order valence-electron chi connectivity index (χ0n) is 10.2. The van der Waals surface area contributed by atoms with Gasteiger partial charge in [0.1, 0.15) is 0 Å². The van der Waals surface area contributed by atoms with Crippen molar-refractivity contribution in [3.63, 3.8) is 0 Å². The first-order chi connectivity index (χ1) is 7.65. The minimum Gasteiger partial charge on any atom is -0.383 e. The van der Waals surface area contributed by atoms with Crippen molar-refractivity contribution in [2.75, 3.05) is 20.3 Å². The molecule has 3 nitrogen and oxygen atoms in total. The Morgan fingerprint density at radius 3 is 2.88 bits per heavy atom. The van der Waals surface area contributed by atoms with Crippen LogP contribution >= 0.6 is 11.6 Å². The molecule has 0 saturated heterocycles. The molecule has 16 heavy (non-hydrogen) atoms. The van der Waals surface area contributed by atoms with Crippen molar-refractivity contribution in [3.05, 3.63) is 0 Å². The SMILES string of the molecule is COCC(Cl)CCNC(=O)C1CCCC1C. The fourth-order valence-electron chi connectivity index (χ4n) is 2.28. The Bertz CT molecular complexity index is 223. The van der Waals surface area contributed by atoms with E-state index in [1.807, 2.05) is 0 Å². The second-order valence-corrected chi connectivity index (χ2v) is 5.26. The largest absolute Gasteiger partial charge is 0.383 e. The molecule has 0 aromatic rings. The fraction of sp³-hybridized carbons (Fsp3) is 0.917. The van der Waals surface area contributed by atoms with E-state index in [-0.39, 0.29) is 17.2 Å². The molecule has 1 aliphatic rings. The van der Waals surface area contributed by atoms with E-state index < -0.39 is 0 Å². The van der Waals surface area contributed by atoms with E-state index in [0.717, 1.165) is 12.8 Å². The summed E-state index contributed by atoms with van der Waals surface area (Å²) in [6.07, 6.45) is 4.17. The van der Waals surface area contributed by atoms with Crippen molar-refractivity contribution in [3.8, 4) is 0 Å². The third-order valence-electron chi connectivity index (χ3n) is 3.30. The van der Waals surface area contributed by atoms with E-state index in [9.17, 15) is 4.79 Å². The summed E-state index contributed by atoms with van der Waals surface area (Å²) >= 11 is 5.98. The summed E-state index contributed by atoms with van der Waals surface area (Å²) in [5, 5.41) is 2.96. The van der Waals surface area contributed by atoms with Crippen LogP contribution in [-0.4, -0.2) is 31.5 Å². The number of halogens is 1. The highest BCUT2D eigenvalue weighted by Crippen LogP contribution is 2.31. The lowest BCUT2D eigenvalue weighted by Crippen LogP contribution is -2.33. The molecule has 0 heterocycles. The summed E-state index contributed by atoms with van der Waals surface area (Å²) in [5.41, 5.74) is 0. The number of ether oxygens (including phenoxy) is 1. The number of amides is 1. The van der Waals surface area contributed by atoms with Gasteiger partial charge >= 0.3 is 0 Å². The smallest absolute Gasteiger partial charge is 0.223 e. The van der Waals surface area contributed by atoms with E-state index in [4.69, 9.17) is 16.3 Å². The van der Waals surface area contributed by atoms with Crippen molar-refractivity contribution in [2.24, 2.45) is 11.8 Å². The zero-order valence-corrected chi connectivity index (χ0v) is 10.9. The van der Waals surface area contributed by atoms with Gasteiger partial charge in [-0.1, -0.05) is 13.3 Å². The van der Waals surface area contributed by atoms with Crippen LogP contribution in [0.25, 0.3) is 0 Å². The van der Waals surface area contributed by atoms with Gasteiger partial charge in [-0.25, -0.2) is 0 Å². The third-order valence-corrected chi connectivity index (χ3v) is 3.65. The fourth-order valence-corrected chi connectivity index (χ4v) is 2.52. The first-order valence-corrected chi connectivity index (χ1v) is 6.49. The first kappa shape index (κ1) is 13.8. The van der Waals surface area contributed by atoms with Gasteiger partial charge in [-0.15, -0.1) is 11.6 Å². The van der Waals surface area contributed by atoms with Crippen LogP contribution < -0.4 is 5.32 Å². The molecule has 3 unspecified atom stereocenters. The molecular formula is C12H22ClNO2. The van der Waals surface area contributed by atoms with Gasteiger partial charge in [0.2, 0.25) is 5.91 Å². The number of hydrogen-bond acceptors (Lipinski definition) is 2. The Morgan fingerprint density at radius 2 is 2.31 bits per heavy atom. The molecule has 0 radical (unpaired) electrons. The van der Waals surface area contributed by atoms with Crippen LogP contribution in [0.1, 0.15) is 32.6 Å². The van der Waals surface area contributed by atoms with Crippen molar-refractivity contribution in [1.82, 2.24) is 5.32 Å². The van der Waals surface area contributed by atoms with E-state index in [1.165, 1.54) is 12.8 Å². The van der Waals surface area contributed by atoms with E-state index in [1.54, 1.807) is 7.11 Å². The summed E-state index contributed by atoms with van der Waals surface area (Å²) < 4.78 is 4.93. The molecule has 1 N–H and O–H groups in total. The van der Waals surface area contributed by atoms with Crippen LogP contribution in [-0.2, 0) is 9.53 Å². The highest BCUT2D eigenvalue weighted by Gasteiger charge is 2.29. The van der Waals surface area contributed by atoms with Gasteiger partial charge in [0.25, 0.3) is 0 Å². The molecule has 0 spiro atoms. The highest BCUT2D eigenvalue weighted by atomic mass is 35.5. The van der Waals surface area contributed by atoms with Crippen LogP contribution in [0.3, 0.4) is 0 Å². The van der Waals surface area contributed by atoms with Crippen LogP contribution in [0, 0.1) is 11.8 Å². The van der Waals surface area contributed by atoms with E-state index >= 15 is 0 Å². The third kappa shape index (κ3) is 4.30. The second kappa shape index (κ2) is 7.13. The molecule has 1 rings (SSSR count). The Hall–Kier alpha value is -0.280. The molecule has 0 aromatic heterocycles. The first-order valence-electron chi connectivity index (χ1n) is 6.06. The summed E-state index contributed by atoms with van der Waals surface area (Å²) in [5.74, 6) is 0.952. The lowest BCUT2D eigenvalue weighted by atomic mass is 9.97. The number of methoxy groups -OCH3 is 1. The van der Waals surface area contributed by atoms with Crippen LogP contribution in [0.15, 0.2) is 0 Å². The van der Waals surface area contributed by atoms with Gasteiger partial charge in [0.15, 0.2) is 0 Å².